The molecule has 35 heavy (non-hydrogen) atoms. The number of carbonyl (C=O) groups is 2. The molecule has 2 aromatic rings. The third kappa shape index (κ3) is 6.00. The Labute approximate surface area is 210 Å². The van der Waals surface area contributed by atoms with Crippen molar-refractivity contribution in [2.24, 2.45) is 0 Å². The molecule has 1 aromatic heterocycles. The largest absolute Gasteiger partial charge is 0.378 e. The van der Waals surface area contributed by atoms with Crippen molar-refractivity contribution in [1.82, 2.24) is 15.2 Å². The number of methoxy groups -OCH3 is 1. The Bertz CT molecular complexity index is 1060. The van der Waals surface area contributed by atoms with Gasteiger partial charge < -0.3 is 25.0 Å². The molecule has 0 unspecified atom stereocenters. The van der Waals surface area contributed by atoms with E-state index in [1.807, 2.05) is 32.0 Å². The monoisotopic (exact) mass is 501 g/mol. The maximum absolute atomic E-state index is 13.0. The van der Waals surface area contributed by atoms with Crippen molar-refractivity contribution in [3.63, 3.8) is 0 Å². The minimum Gasteiger partial charge on any atom is -0.378 e. The summed E-state index contributed by atoms with van der Waals surface area (Å²) in [4.78, 5) is 35.0. The van der Waals surface area contributed by atoms with Gasteiger partial charge in [0, 0.05) is 50.2 Å². The van der Waals surface area contributed by atoms with Gasteiger partial charge in [-0.3, -0.25) is 14.5 Å². The molecule has 190 valence electrons. The van der Waals surface area contributed by atoms with Crippen LogP contribution in [0.15, 0.2) is 23.6 Å². The van der Waals surface area contributed by atoms with Crippen molar-refractivity contribution < 1.29 is 19.1 Å². The number of hydrogen-bond acceptors (Lipinski definition) is 8. The summed E-state index contributed by atoms with van der Waals surface area (Å²) in [5.74, 6) is -0.555. The Morgan fingerprint density at radius 3 is 2.74 bits per heavy atom. The number of anilines is 2. The zero-order valence-corrected chi connectivity index (χ0v) is 21.9. The Balaban J connectivity index is 1.51. The maximum Gasteiger partial charge on any atom is 0.275 e. The number of ether oxygens (including phenoxy) is 2. The van der Waals surface area contributed by atoms with Crippen LogP contribution in [0.2, 0.25) is 0 Å². The van der Waals surface area contributed by atoms with Crippen LogP contribution in [-0.2, 0) is 16.0 Å². The number of benzene rings is 1. The minimum atomic E-state index is -0.336. The van der Waals surface area contributed by atoms with Gasteiger partial charge in [-0.25, -0.2) is 4.98 Å². The highest BCUT2D eigenvalue weighted by atomic mass is 32.1. The predicted octanol–water partition coefficient (Wildman–Crippen LogP) is 2.98. The van der Waals surface area contributed by atoms with E-state index in [1.165, 1.54) is 11.3 Å². The van der Waals surface area contributed by atoms with Gasteiger partial charge in [0.25, 0.3) is 11.8 Å². The average molecular weight is 502 g/mol. The molecule has 4 rings (SSSR count). The van der Waals surface area contributed by atoms with Crippen LogP contribution in [0.3, 0.4) is 0 Å². The number of carbonyl (C=O) groups excluding carboxylic acids is 2. The quantitative estimate of drug-likeness (QED) is 0.574. The van der Waals surface area contributed by atoms with E-state index in [0.717, 1.165) is 30.3 Å². The molecule has 0 spiro atoms. The molecule has 3 heterocycles. The van der Waals surface area contributed by atoms with Crippen LogP contribution in [0.25, 0.3) is 0 Å². The van der Waals surface area contributed by atoms with E-state index in [0.29, 0.717) is 36.7 Å². The lowest BCUT2D eigenvalue weighted by molar-refractivity contribution is -0.0552. The second kappa shape index (κ2) is 10.6. The molecule has 0 radical (unpaired) electrons. The predicted molar refractivity (Wildman–Crippen MR) is 137 cm³/mol. The van der Waals surface area contributed by atoms with Crippen LogP contribution in [0.1, 0.15) is 54.1 Å². The normalized spacial score (nSPS) is 18.4. The van der Waals surface area contributed by atoms with Gasteiger partial charge in [-0.2, -0.15) is 0 Å². The van der Waals surface area contributed by atoms with E-state index in [9.17, 15) is 9.59 Å². The number of thiazole rings is 1. The first-order valence-electron chi connectivity index (χ1n) is 12.0. The Hall–Kier alpha value is -2.53. The van der Waals surface area contributed by atoms with Crippen LogP contribution in [0, 0.1) is 0 Å². The van der Waals surface area contributed by atoms with Crippen LogP contribution < -0.4 is 15.5 Å². The number of nitrogens with zero attached hydrogens (tertiary/aromatic N) is 3. The summed E-state index contributed by atoms with van der Waals surface area (Å²) < 4.78 is 10.9. The molecule has 2 amide bonds. The van der Waals surface area contributed by atoms with Gasteiger partial charge in [0.2, 0.25) is 0 Å². The van der Waals surface area contributed by atoms with Crippen molar-refractivity contribution in [1.29, 1.82) is 0 Å². The van der Waals surface area contributed by atoms with Crippen molar-refractivity contribution in [2.45, 2.75) is 51.9 Å². The molecule has 0 saturated carbocycles. The van der Waals surface area contributed by atoms with Gasteiger partial charge in [0.15, 0.2) is 5.13 Å². The van der Waals surface area contributed by atoms with Crippen LogP contribution in [0.4, 0.5) is 10.8 Å². The third-order valence-electron chi connectivity index (χ3n) is 6.36. The summed E-state index contributed by atoms with van der Waals surface area (Å²) in [7, 11) is 1.70. The number of rotatable bonds is 8. The van der Waals surface area contributed by atoms with Crippen molar-refractivity contribution in [2.75, 3.05) is 50.2 Å². The van der Waals surface area contributed by atoms with Crippen LogP contribution in [0.5, 0.6) is 0 Å². The molecule has 0 aliphatic carbocycles. The molecule has 2 aliphatic heterocycles. The molecule has 2 saturated heterocycles. The zero-order chi connectivity index (χ0) is 25.2. The van der Waals surface area contributed by atoms with Crippen molar-refractivity contribution >= 4 is 34.0 Å². The fraction of sp³-hybridized carbons (Fsp3) is 0.560. The molecule has 1 aromatic carbocycles. The smallest absolute Gasteiger partial charge is 0.275 e. The summed E-state index contributed by atoms with van der Waals surface area (Å²) in [5, 5.41) is 8.39. The third-order valence-corrected chi connectivity index (χ3v) is 7.26. The first kappa shape index (κ1) is 25.6. The summed E-state index contributed by atoms with van der Waals surface area (Å²) in [6, 6.07) is 5.62. The standard InChI is InChI=1S/C25H35N5O4S/c1-16(2)26-22(31)19-10-17(11-30-8-9-34-15-25(30,3)4)6-7-20(19)27-23(32)21-14-35-24(28-21)29-12-18(13-29)33-5/h6-7,10,14,16,18H,8-9,11-13,15H2,1-5H3,(H,26,31)(H,27,32). The number of hydrogen-bond donors (Lipinski definition) is 2. The fourth-order valence-electron chi connectivity index (χ4n) is 4.17. The topological polar surface area (TPSA) is 96.0 Å². The van der Waals surface area contributed by atoms with Gasteiger partial charge in [0.1, 0.15) is 5.69 Å². The molecule has 9 nitrogen and oxygen atoms in total. The summed E-state index contributed by atoms with van der Waals surface area (Å²) in [6.07, 6.45) is 0.208. The summed E-state index contributed by atoms with van der Waals surface area (Å²) in [6.45, 7) is 12.6. The van der Waals surface area contributed by atoms with E-state index < -0.39 is 0 Å². The van der Waals surface area contributed by atoms with E-state index in [-0.39, 0.29) is 29.5 Å². The Morgan fingerprint density at radius 2 is 2.06 bits per heavy atom. The van der Waals surface area contributed by atoms with Crippen LogP contribution >= 0.6 is 11.3 Å². The highest BCUT2D eigenvalue weighted by Crippen LogP contribution is 2.28. The lowest BCUT2D eigenvalue weighted by Gasteiger charge is -2.42. The molecule has 10 heteroatoms. The van der Waals surface area contributed by atoms with E-state index in [2.05, 4.69) is 39.3 Å². The van der Waals surface area contributed by atoms with E-state index in [1.54, 1.807) is 12.5 Å². The number of aromatic nitrogens is 1. The van der Waals surface area contributed by atoms with Crippen molar-refractivity contribution in [3.05, 3.63) is 40.4 Å². The average Bonchev–Trinajstić information content (AvgIpc) is 3.25. The highest BCUT2D eigenvalue weighted by molar-refractivity contribution is 7.14. The summed E-state index contributed by atoms with van der Waals surface area (Å²) >= 11 is 1.43. The molecule has 0 bridgehead atoms. The number of nitrogens with one attached hydrogen (secondary N) is 2. The van der Waals surface area contributed by atoms with Gasteiger partial charge >= 0.3 is 0 Å². The number of morpholine rings is 1. The molecular formula is C25H35N5O4S. The van der Waals surface area contributed by atoms with E-state index >= 15 is 0 Å². The maximum atomic E-state index is 13.0. The van der Waals surface area contributed by atoms with Gasteiger partial charge in [-0.05, 0) is 45.4 Å². The van der Waals surface area contributed by atoms with Crippen LogP contribution in [-0.4, -0.2) is 79.3 Å². The molecular weight excluding hydrogens is 466 g/mol. The summed E-state index contributed by atoms with van der Waals surface area (Å²) in [5.41, 5.74) is 2.16. The first-order chi connectivity index (χ1) is 16.7. The fourth-order valence-corrected chi connectivity index (χ4v) is 5.00. The first-order valence-corrected chi connectivity index (χ1v) is 12.9. The van der Waals surface area contributed by atoms with Gasteiger partial charge in [-0.1, -0.05) is 6.07 Å². The second-order valence-corrected chi connectivity index (χ2v) is 10.9. The Kier molecular flexibility index (Phi) is 7.75. The van der Waals surface area contributed by atoms with Gasteiger partial charge in [-0.15, -0.1) is 11.3 Å². The van der Waals surface area contributed by atoms with Gasteiger partial charge in [0.05, 0.1) is 30.6 Å². The van der Waals surface area contributed by atoms with Crippen molar-refractivity contribution in [3.8, 4) is 0 Å². The molecule has 2 N–H and O–H groups in total. The lowest BCUT2D eigenvalue weighted by Crippen LogP contribution is -2.52. The lowest BCUT2D eigenvalue weighted by atomic mass is 10.00. The van der Waals surface area contributed by atoms with E-state index in [4.69, 9.17) is 9.47 Å². The number of amides is 2. The highest BCUT2D eigenvalue weighted by Gasteiger charge is 2.31. The minimum absolute atomic E-state index is 0.0264. The SMILES string of the molecule is COC1CN(c2nc(C(=O)Nc3ccc(CN4CCOCC4(C)C)cc3C(=O)NC(C)C)cs2)C1. The molecule has 2 aliphatic rings. The molecule has 2 fully saturated rings. The zero-order valence-electron chi connectivity index (χ0n) is 21.1. The molecule has 0 atom stereocenters. The Morgan fingerprint density at radius 1 is 1.29 bits per heavy atom. The second-order valence-electron chi connectivity index (χ2n) is 10.0.